The highest BCUT2D eigenvalue weighted by Crippen LogP contribution is 2.08. The average Bonchev–Trinajstić information content (AvgIpc) is 2.33. The van der Waals surface area contributed by atoms with Crippen LogP contribution in [0.25, 0.3) is 0 Å². The molecule has 1 aromatic rings. The molecule has 0 aliphatic rings. The molecule has 0 fully saturated rings. The maximum Gasteiger partial charge on any atom is 0.125 e. The monoisotopic (exact) mass is 240 g/mol. The van der Waals surface area contributed by atoms with Gasteiger partial charge in [0, 0.05) is 18.8 Å². The van der Waals surface area contributed by atoms with Crippen LogP contribution in [0.15, 0.2) is 24.3 Å². The van der Waals surface area contributed by atoms with Crippen LogP contribution in [-0.4, -0.2) is 42.3 Å². The van der Waals surface area contributed by atoms with Crippen molar-refractivity contribution in [3.8, 4) is 0 Å². The third kappa shape index (κ3) is 5.15. The molecule has 0 saturated carbocycles. The molecule has 0 aromatic heterocycles. The quantitative estimate of drug-likeness (QED) is 0.764. The van der Waals surface area contributed by atoms with Crippen molar-refractivity contribution in [1.29, 1.82) is 0 Å². The van der Waals surface area contributed by atoms with Gasteiger partial charge in [0.1, 0.15) is 5.82 Å². The van der Waals surface area contributed by atoms with Gasteiger partial charge in [-0.3, -0.25) is 0 Å². The summed E-state index contributed by atoms with van der Waals surface area (Å²) >= 11 is 0. The fourth-order valence-electron chi connectivity index (χ4n) is 1.68. The van der Waals surface area contributed by atoms with Crippen molar-refractivity contribution >= 4 is 5.69 Å². The SMILES string of the molecule is CCN(CC)CC(O)CNc1cccc(F)c1. The molecule has 0 spiro atoms. The molecule has 1 aromatic carbocycles. The topological polar surface area (TPSA) is 35.5 Å². The molecule has 0 aliphatic heterocycles. The van der Waals surface area contributed by atoms with Crippen molar-refractivity contribution < 1.29 is 9.50 Å². The molecule has 2 N–H and O–H groups in total. The lowest BCUT2D eigenvalue weighted by Gasteiger charge is -2.22. The van der Waals surface area contributed by atoms with Crippen LogP contribution in [0.3, 0.4) is 0 Å². The van der Waals surface area contributed by atoms with Crippen molar-refractivity contribution in [1.82, 2.24) is 4.90 Å². The van der Waals surface area contributed by atoms with Crippen molar-refractivity contribution in [2.45, 2.75) is 20.0 Å². The van der Waals surface area contributed by atoms with Crippen molar-refractivity contribution in [2.75, 3.05) is 31.5 Å². The molecule has 0 aliphatic carbocycles. The van der Waals surface area contributed by atoms with Crippen LogP contribution >= 0.6 is 0 Å². The summed E-state index contributed by atoms with van der Waals surface area (Å²) in [6, 6.07) is 6.25. The van der Waals surface area contributed by atoms with Gasteiger partial charge in [0.25, 0.3) is 0 Å². The largest absolute Gasteiger partial charge is 0.390 e. The highest BCUT2D eigenvalue weighted by atomic mass is 19.1. The number of hydrogen-bond donors (Lipinski definition) is 2. The van der Waals surface area contributed by atoms with Gasteiger partial charge in [-0.25, -0.2) is 4.39 Å². The van der Waals surface area contributed by atoms with Gasteiger partial charge in [-0.2, -0.15) is 0 Å². The number of halogens is 1. The van der Waals surface area contributed by atoms with E-state index in [0.29, 0.717) is 18.8 Å². The number of aliphatic hydroxyl groups excluding tert-OH is 1. The fraction of sp³-hybridized carbons (Fsp3) is 0.538. The molecular weight excluding hydrogens is 219 g/mol. The van der Waals surface area contributed by atoms with E-state index in [9.17, 15) is 9.50 Å². The summed E-state index contributed by atoms with van der Waals surface area (Å²) in [6.45, 7) is 7.04. The Hall–Kier alpha value is -1.13. The van der Waals surface area contributed by atoms with Gasteiger partial charge in [0.15, 0.2) is 0 Å². The van der Waals surface area contributed by atoms with Gasteiger partial charge in [-0.15, -0.1) is 0 Å². The first-order valence-electron chi connectivity index (χ1n) is 6.05. The van der Waals surface area contributed by atoms with Crippen LogP contribution in [0, 0.1) is 5.82 Å². The Morgan fingerprint density at radius 1 is 1.35 bits per heavy atom. The van der Waals surface area contributed by atoms with E-state index in [1.165, 1.54) is 12.1 Å². The lowest BCUT2D eigenvalue weighted by Crippen LogP contribution is -2.35. The minimum atomic E-state index is -0.446. The molecule has 4 heteroatoms. The second-order valence-corrected chi connectivity index (χ2v) is 4.03. The molecule has 3 nitrogen and oxygen atoms in total. The Kier molecular flexibility index (Phi) is 5.94. The summed E-state index contributed by atoms with van der Waals surface area (Å²) < 4.78 is 12.9. The standard InChI is InChI=1S/C13H21FN2O/c1-3-16(4-2)10-13(17)9-15-12-7-5-6-11(14)8-12/h5-8,13,15,17H,3-4,9-10H2,1-2H3. The molecule has 0 saturated heterocycles. The maximum absolute atomic E-state index is 12.9. The summed E-state index contributed by atoms with van der Waals surface area (Å²) in [5, 5.41) is 12.8. The molecule has 17 heavy (non-hydrogen) atoms. The number of hydrogen-bond acceptors (Lipinski definition) is 3. The van der Waals surface area contributed by atoms with Gasteiger partial charge in [0.05, 0.1) is 6.10 Å². The molecule has 0 heterocycles. The van der Waals surface area contributed by atoms with E-state index in [1.54, 1.807) is 12.1 Å². The summed E-state index contributed by atoms with van der Waals surface area (Å²) in [7, 11) is 0. The smallest absolute Gasteiger partial charge is 0.125 e. The zero-order valence-corrected chi connectivity index (χ0v) is 10.5. The number of nitrogens with one attached hydrogen (secondary N) is 1. The molecule has 1 rings (SSSR count). The summed E-state index contributed by atoms with van der Waals surface area (Å²) in [5.41, 5.74) is 0.698. The van der Waals surface area contributed by atoms with Crippen LogP contribution in [-0.2, 0) is 0 Å². The van der Waals surface area contributed by atoms with Crippen LogP contribution in [0.1, 0.15) is 13.8 Å². The predicted molar refractivity (Wildman–Crippen MR) is 68.7 cm³/mol. The zero-order valence-electron chi connectivity index (χ0n) is 10.5. The van der Waals surface area contributed by atoms with Crippen LogP contribution in [0.2, 0.25) is 0 Å². The molecule has 0 bridgehead atoms. The number of benzene rings is 1. The third-order valence-corrected chi connectivity index (χ3v) is 2.73. The van der Waals surface area contributed by atoms with Crippen LogP contribution in [0.5, 0.6) is 0 Å². The van der Waals surface area contributed by atoms with Gasteiger partial charge < -0.3 is 15.3 Å². The van der Waals surface area contributed by atoms with E-state index in [1.807, 2.05) is 0 Å². The fourth-order valence-corrected chi connectivity index (χ4v) is 1.68. The van der Waals surface area contributed by atoms with E-state index >= 15 is 0 Å². The Bertz CT molecular complexity index is 329. The van der Waals surface area contributed by atoms with Crippen LogP contribution in [0.4, 0.5) is 10.1 Å². The molecule has 0 amide bonds. The number of nitrogens with zero attached hydrogens (tertiary/aromatic N) is 1. The Labute approximate surface area is 102 Å². The number of anilines is 1. The Morgan fingerprint density at radius 2 is 2.06 bits per heavy atom. The number of rotatable bonds is 7. The predicted octanol–water partition coefficient (Wildman–Crippen LogP) is 1.94. The summed E-state index contributed by atoms with van der Waals surface area (Å²) in [5.74, 6) is -0.270. The molecule has 0 radical (unpaired) electrons. The first kappa shape index (κ1) is 13.9. The average molecular weight is 240 g/mol. The van der Waals surface area contributed by atoms with E-state index in [0.717, 1.165) is 13.1 Å². The Balaban J connectivity index is 2.35. The zero-order chi connectivity index (χ0) is 12.7. The first-order valence-corrected chi connectivity index (χ1v) is 6.05. The third-order valence-electron chi connectivity index (χ3n) is 2.73. The molecule has 1 unspecified atom stereocenters. The maximum atomic E-state index is 12.9. The number of aliphatic hydroxyl groups is 1. The van der Waals surface area contributed by atoms with Crippen LogP contribution < -0.4 is 5.32 Å². The van der Waals surface area contributed by atoms with Crippen molar-refractivity contribution in [2.24, 2.45) is 0 Å². The first-order chi connectivity index (χ1) is 8.15. The van der Waals surface area contributed by atoms with Crippen molar-refractivity contribution in [3.63, 3.8) is 0 Å². The van der Waals surface area contributed by atoms with E-state index in [4.69, 9.17) is 0 Å². The Morgan fingerprint density at radius 3 is 2.65 bits per heavy atom. The highest BCUT2D eigenvalue weighted by Gasteiger charge is 2.08. The van der Waals surface area contributed by atoms with Gasteiger partial charge >= 0.3 is 0 Å². The second-order valence-electron chi connectivity index (χ2n) is 4.03. The molecular formula is C13H21FN2O. The van der Waals surface area contributed by atoms with E-state index in [-0.39, 0.29) is 5.82 Å². The number of likely N-dealkylation sites (N-methyl/N-ethyl adjacent to an activating group) is 1. The van der Waals surface area contributed by atoms with E-state index in [2.05, 4.69) is 24.1 Å². The summed E-state index contributed by atoms with van der Waals surface area (Å²) in [6.07, 6.45) is -0.446. The minimum Gasteiger partial charge on any atom is -0.390 e. The van der Waals surface area contributed by atoms with Crippen molar-refractivity contribution in [3.05, 3.63) is 30.1 Å². The minimum absolute atomic E-state index is 0.270. The normalized spacial score (nSPS) is 12.8. The lowest BCUT2D eigenvalue weighted by molar-refractivity contribution is 0.128. The summed E-state index contributed by atoms with van der Waals surface area (Å²) in [4.78, 5) is 2.15. The van der Waals surface area contributed by atoms with E-state index < -0.39 is 6.10 Å². The highest BCUT2D eigenvalue weighted by molar-refractivity contribution is 5.43. The van der Waals surface area contributed by atoms with Gasteiger partial charge in [-0.1, -0.05) is 19.9 Å². The van der Waals surface area contributed by atoms with Gasteiger partial charge in [-0.05, 0) is 31.3 Å². The lowest BCUT2D eigenvalue weighted by atomic mass is 10.2. The second kappa shape index (κ2) is 7.25. The van der Waals surface area contributed by atoms with Gasteiger partial charge in [0.2, 0.25) is 0 Å². The molecule has 96 valence electrons. The molecule has 1 atom stereocenters.